The Kier molecular flexibility index (Phi) is 9.37. The third kappa shape index (κ3) is 7.01. The number of benzene rings is 1. The highest BCUT2D eigenvalue weighted by Gasteiger charge is 2.54. The van der Waals surface area contributed by atoms with E-state index >= 15 is 0 Å². The summed E-state index contributed by atoms with van der Waals surface area (Å²) in [7, 11) is -4.26. The molecule has 2 aromatic heterocycles. The number of hydrogen-bond acceptors (Lipinski definition) is 12. The second-order valence-corrected chi connectivity index (χ2v) is 13.1. The summed E-state index contributed by atoms with van der Waals surface area (Å²) in [5.74, 6) is 0.0717. The Morgan fingerprint density at radius 3 is 2.65 bits per heavy atom. The lowest BCUT2D eigenvalue weighted by atomic mass is 9.87. The number of aliphatic hydroxyl groups is 2. The van der Waals surface area contributed by atoms with Gasteiger partial charge in [0.05, 0.1) is 18.9 Å². The van der Waals surface area contributed by atoms with Crippen molar-refractivity contribution in [1.29, 1.82) is 0 Å². The number of anilines is 1. The lowest BCUT2D eigenvalue weighted by Gasteiger charge is -2.30. The van der Waals surface area contributed by atoms with E-state index in [0.29, 0.717) is 11.2 Å². The van der Waals surface area contributed by atoms with Crippen LogP contribution in [0.15, 0.2) is 48.8 Å². The van der Waals surface area contributed by atoms with Gasteiger partial charge in [-0.1, -0.05) is 18.2 Å². The van der Waals surface area contributed by atoms with Gasteiger partial charge in [-0.2, -0.15) is 10.2 Å². The first kappa shape index (κ1) is 31.3. The summed E-state index contributed by atoms with van der Waals surface area (Å²) in [5, 5.41) is 28.8. The van der Waals surface area contributed by atoms with Crippen LogP contribution in [0.25, 0.3) is 5.52 Å². The number of carbonyl (C=O) groups is 1. The average molecular weight is 619 g/mol. The summed E-state index contributed by atoms with van der Waals surface area (Å²) in [6, 6.07) is 10.8. The van der Waals surface area contributed by atoms with Crippen molar-refractivity contribution < 1.29 is 38.1 Å². The minimum Gasteiger partial charge on any atom is -0.464 e. The second kappa shape index (κ2) is 12.9. The van der Waals surface area contributed by atoms with E-state index in [1.165, 1.54) is 24.7 Å². The molecule has 0 bridgehead atoms. The fourth-order valence-corrected chi connectivity index (χ4v) is 6.98. The zero-order valence-corrected chi connectivity index (χ0v) is 25.0. The predicted molar refractivity (Wildman–Crippen MR) is 156 cm³/mol. The van der Waals surface area contributed by atoms with Crippen LogP contribution in [0.3, 0.4) is 0 Å². The Hall–Kier alpha value is -3.10. The number of nitrogens with one attached hydrogen (secondary N) is 1. The zero-order valence-electron chi connectivity index (χ0n) is 24.1. The van der Waals surface area contributed by atoms with Gasteiger partial charge in [0.25, 0.3) is 0 Å². The Labute approximate surface area is 249 Å². The SMILES string of the molecule is C[C@H](NP(=O)(OC[C@@]1(C)O[C@@H](c2ccc3c(N)ncnn23)[C@H](O)[C@@H]1O)Oc1ccccc1)C(=O)OC[C@H]1CC[C@H](N)CC1. The first-order valence-corrected chi connectivity index (χ1v) is 15.8. The molecule has 3 heterocycles. The molecule has 1 saturated heterocycles. The molecule has 7 N–H and O–H groups in total. The quantitative estimate of drug-likeness (QED) is 0.154. The normalized spacial score (nSPS) is 29.7. The minimum atomic E-state index is -4.26. The number of aromatic nitrogens is 3. The molecule has 234 valence electrons. The zero-order chi connectivity index (χ0) is 30.8. The minimum absolute atomic E-state index is 0.182. The first-order valence-electron chi connectivity index (χ1n) is 14.3. The maximum Gasteiger partial charge on any atom is 0.459 e. The number of nitrogens with two attached hydrogens (primary N) is 2. The molecule has 15 heteroatoms. The van der Waals surface area contributed by atoms with Crippen molar-refractivity contribution in [2.24, 2.45) is 11.7 Å². The smallest absolute Gasteiger partial charge is 0.459 e. The largest absolute Gasteiger partial charge is 0.464 e. The number of carbonyl (C=O) groups excluding carboxylic acids is 1. The van der Waals surface area contributed by atoms with E-state index in [4.69, 9.17) is 30.0 Å². The van der Waals surface area contributed by atoms with Gasteiger partial charge in [-0.25, -0.2) is 14.1 Å². The van der Waals surface area contributed by atoms with E-state index in [-0.39, 0.29) is 30.1 Å². The third-order valence-corrected chi connectivity index (χ3v) is 9.63. The molecule has 1 aliphatic carbocycles. The summed E-state index contributed by atoms with van der Waals surface area (Å²) in [6.07, 6.45) is 0.942. The lowest BCUT2D eigenvalue weighted by molar-refractivity contribution is -0.147. The van der Waals surface area contributed by atoms with Crippen LogP contribution in [-0.4, -0.2) is 73.9 Å². The molecule has 0 radical (unpaired) electrons. The van der Waals surface area contributed by atoms with Crippen LogP contribution in [0.5, 0.6) is 5.75 Å². The van der Waals surface area contributed by atoms with Gasteiger partial charge in [-0.15, -0.1) is 0 Å². The van der Waals surface area contributed by atoms with E-state index in [2.05, 4.69) is 15.2 Å². The fraction of sp³-hybridized carbons (Fsp3) is 0.536. The van der Waals surface area contributed by atoms with Gasteiger partial charge in [-0.3, -0.25) is 9.32 Å². The van der Waals surface area contributed by atoms with Crippen molar-refractivity contribution in [2.75, 3.05) is 18.9 Å². The van der Waals surface area contributed by atoms with E-state index in [1.54, 1.807) is 42.5 Å². The highest BCUT2D eigenvalue weighted by Crippen LogP contribution is 2.48. The van der Waals surface area contributed by atoms with Crippen molar-refractivity contribution in [2.45, 2.75) is 75.5 Å². The van der Waals surface area contributed by atoms with Crippen LogP contribution in [0.1, 0.15) is 51.3 Å². The van der Waals surface area contributed by atoms with Gasteiger partial charge in [-0.05, 0) is 69.7 Å². The van der Waals surface area contributed by atoms with Crippen LogP contribution in [0.2, 0.25) is 0 Å². The molecule has 6 atom stereocenters. The summed E-state index contributed by atoms with van der Waals surface area (Å²) in [4.78, 5) is 16.8. The van der Waals surface area contributed by atoms with Gasteiger partial charge < -0.3 is 35.7 Å². The monoisotopic (exact) mass is 618 g/mol. The number of fused-ring (bicyclic) bond motifs is 1. The predicted octanol–water partition coefficient (Wildman–Crippen LogP) is 2.11. The van der Waals surface area contributed by atoms with Gasteiger partial charge in [0, 0.05) is 6.04 Å². The topological polar surface area (TPSA) is 206 Å². The maximum atomic E-state index is 14.0. The number of rotatable bonds is 11. The molecule has 1 saturated carbocycles. The number of para-hydroxylation sites is 1. The molecule has 2 aliphatic rings. The van der Waals surface area contributed by atoms with Gasteiger partial charge in [0.2, 0.25) is 0 Å². The summed E-state index contributed by atoms with van der Waals surface area (Å²) < 4.78 is 38.7. The van der Waals surface area contributed by atoms with E-state index < -0.39 is 50.3 Å². The van der Waals surface area contributed by atoms with Crippen LogP contribution in [-0.2, 0) is 23.4 Å². The van der Waals surface area contributed by atoms with Crippen LogP contribution in [0, 0.1) is 5.92 Å². The molecule has 1 aromatic carbocycles. The van der Waals surface area contributed by atoms with Crippen LogP contribution < -0.4 is 21.1 Å². The molecule has 14 nitrogen and oxygen atoms in total. The van der Waals surface area contributed by atoms with Crippen molar-refractivity contribution in [3.05, 3.63) is 54.5 Å². The Morgan fingerprint density at radius 1 is 1.21 bits per heavy atom. The molecule has 2 fully saturated rings. The highest BCUT2D eigenvalue weighted by molar-refractivity contribution is 7.52. The third-order valence-electron chi connectivity index (χ3n) is 8.01. The van der Waals surface area contributed by atoms with Crippen molar-refractivity contribution in [3.8, 4) is 5.75 Å². The van der Waals surface area contributed by atoms with Gasteiger partial charge >= 0.3 is 13.7 Å². The van der Waals surface area contributed by atoms with Gasteiger partial charge in [0.15, 0.2) is 5.82 Å². The number of nitrogen functional groups attached to an aromatic ring is 1. The summed E-state index contributed by atoms with van der Waals surface area (Å²) >= 11 is 0. The molecule has 3 aromatic rings. The lowest BCUT2D eigenvalue weighted by Crippen LogP contribution is -2.45. The van der Waals surface area contributed by atoms with E-state index in [1.807, 2.05) is 0 Å². The Morgan fingerprint density at radius 2 is 1.93 bits per heavy atom. The molecular formula is C28H39N6O8P. The highest BCUT2D eigenvalue weighted by atomic mass is 31.2. The van der Waals surface area contributed by atoms with Gasteiger partial charge in [0.1, 0.15) is 47.5 Å². The molecule has 1 unspecified atom stereocenters. The van der Waals surface area contributed by atoms with Crippen LogP contribution in [0.4, 0.5) is 5.82 Å². The second-order valence-electron chi connectivity index (χ2n) is 11.4. The molecule has 43 heavy (non-hydrogen) atoms. The number of nitrogens with zero attached hydrogens (tertiary/aromatic N) is 3. The van der Waals surface area contributed by atoms with E-state index in [0.717, 1.165) is 25.7 Å². The standard InChI is InChI=1S/C28H39N6O8P/c1-17(27(37)39-14-18-8-10-19(29)11-9-18)33-43(38,42-20-6-4-3-5-7-20)40-15-28(2)25(36)23(35)24(41-28)21-12-13-22-26(30)31-16-32-34(21)22/h3-7,12-13,16-19,23-25,35-36H,8-11,14-15,29H2,1-2H3,(H,33,38)(H2,30,31,32)/t17-,18-,19-,23-,24-,25-,28+,43?/m0/s1. The van der Waals surface area contributed by atoms with Crippen LogP contribution >= 0.6 is 7.75 Å². The number of esters is 1. The Bertz CT molecular complexity index is 1450. The molecule has 1 aliphatic heterocycles. The number of aliphatic hydroxyl groups excluding tert-OH is 2. The summed E-state index contributed by atoms with van der Waals surface area (Å²) in [5.41, 5.74) is 11.3. The first-order chi connectivity index (χ1) is 20.5. The molecule has 0 amide bonds. The van der Waals surface area contributed by atoms with Crippen molar-refractivity contribution in [3.63, 3.8) is 0 Å². The average Bonchev–Trinajstić information content (AvgIpc) is 3.52. The van der Waals surface area contributed by atoms with Crippen molar-refractivity contribution in [1.82, 2.24) is 19.7 Å². The molecular weight excluding hydrogens is 579 g/mol. The van der Waals surface area contributed by atoms with Crippen molar-refractivity contribution >= 4 is 25.1 Å². The maximum absolute atomic E-state index is 14.0. The van der Waals surface area contributed by atoms with E-state index in [9.17, 15) is 19.6 Å². The number of ether oxygens (including phenoxy) is 2. The molecule has 0 spiro atoms. The number of hydrogen-bond donors (Lipinski definition) is 5. The fourth-order valence-electron chi connectivity index (χ4n) is 5.39. The molecule has 5 rings (SSSR count). The summed E-state index contributed by atoms with van der Waals surface area (Å²) in [6.45, 7) is 2.78. The Balaban J connectivity index is 1.28.